The van der Waals surface area contributed by atoms with Gasteiger partial charge in [0.2, 0.25) is 11.6 Å². The van der Waals surface area contributed by atoms with Crippen LogP contribution in [0.2, 0.25) is 0 Å². The van der Waals surface area contributed by atoms with Gasteiger partial charge >= 0.3 is 11.4 Å². The summed E-state index contributed by atoms with van der Waals surface area (Å²) in [5.74, 6) is -1.52. The van der Waals surface area contributed by atoms with Crippen molar-refractivity contribution in [2.75, 3.05) is 5.32 Å². The van der Waals surface area contributed by atoms with Crippen LogP contribution in [0.25, 0.3) is 11.3 Å². The molecule has 11 nitrogen and oxygen atoms in total. The van der Waals surface area contributed by atoms with Crippen LogP contribution in [0.4, 0.5) is 5.82 Å². The molecule has 1 aromatic carbocycles. The molecule has 0 fully saturated rings. The fourth-order valence-electron chi connectivity index (χ4n) is 4.65. The van der Waals surface area contributed by atoms with Crippen molar-refractivity contribution >= 4 is 17.4 Å². The second-order valence-corrected chi connectivity index (χ2v) is 7.94. The van der Waals surface area contributed by atoms with E-state index in [1.165, 1.54) is 40.3 Å². The molecule has 2 aromatic heterocycles. The number of nitrogens with one attached hydrogen (secondary N) is 1. The van der Waals surface area contributed by atoms with E-state index >= 15 is 0 Å². The number of benzene rings is 1. The zero-order valence-corrected chi connectivity index (χ0v) is 17.5. The summed E-state index contributed by atoms with van der Waals surface area (Å²) in [5, 5.41) is 2.79. The first-order valence-electron chi connectivity index (χ1n) is 9.63. The van der Waals surface area contributed by atoms with Gasteiger partial charge in [0.15, 0.2) is 5.54 Å². The maximum absolute atomic E-state index is 13.7. The predicted octanol–water partition coefficient (Wildman–Crippen LogP) is -1.15. The highest BCUT2D eigenvalue weighted by Crippen LogP contribution is 2.46. The van der Waals surface area contributed by atoms with Gasteiger partial charge in [-0.1, -0.05) is 24.3 Å². The summed E-state index contributed by atoms with van der Waals surface area (Å²) in [7, 11) is 5.19. The number of fused-ring (bicyclic) bond motifs is 5. The molecule has 0 saturated heterocycles. The minimum Gasteiger partial charge on any atom is -0.348 e. The van der Waals surface area contributed by atoms with Crippen LogP contribution < -0.4 is 27.8 Å². The van der Waals surface area contributed by atoms with E-state index in [0.717, 1.165) is 18.3 Å². The molecule has 1 aliphatic carbocycles. The number of ketones is 2. The number of hydrogen-bond donors (Lipinski definition) is 1. The molecule has 1 aliphatic heterocycles. The summed E-state index contributed by atoms with van der Waals surface area (Å²) < 4.78 is 3.74. The van der Waals surface area contributed by atoms with Crippen LogP contribution in [0.1, 0.15) is 26.3 Å². The number of aromatic nitrogens is 4. The first-order valence-corrected chi connectivity index (χ1v) is 9.63. The van der Waals surface area contributed by atoms with Crippen molar-refractivity contribution in [1.29, 1.82) is 0 Å². The van der Waals surface area contributed by atoms with Gasteiger partial charge in [0.05, 0.1) is 11.3 Å². The molecule has 0 bridgehead atoms. The lowest BCUT2D eigenvalue weighted by Crippen LogP contribution is -2.57. The summed E-state index contributed by atoms with van der Waals surface area (Å²) in [5.41, 5.74) is -5.77. The smallest absolute Gasteiger partial charge is 0.332 e. The maximum Gasteiger partial charge on any atom is 0.332 e. The van der Waals surface area contributed by atoms with Crippen molar-refractivity contribution in [3.63, 3.8) is 0 Å². The van der Waals surface area contributed by atoms with E-state index < -0.39 is 39.6 Å². The maximum atomic E-state index is 13.7. The molecule has 1 spiro atoms. The number of hydrogen-bond acceptors (Lipinski definition) is 7. The summed E-state index contributed by atoms with van der Waals surface area (Å²) in [6.07, 6.45) is 0. The molecular weight excluding hydrogens is 418 g/mol. The number of carbonyl (C=O) groups is 2. The minimum absolute atomic E-state index is 0.101. The van der Waals surface area contributed by atoms with E-state index in [4.69, 9.17) is 0 Å². The van der Waals surface area contributed by atoms with Gasteiger partial charge < -0.3 is 5.32 Å². The third-order valence-electron chi connectivity index (χ3n) is 6.34. The van der Waals surface area contributed by atoms with Crippen molar-refractivity contribution in [2.45, 2.75) is 5.54 Å². The van der Waals surface area contributed by atoms with E-state index in [0.29, 0.717) is 0 Å². The molecule has 11 heteroatoms. The molecule has 3 heterocycles. The second-order valence-electron chi connectivity index (χ2n) is 7.94. The van der Waals surface area contributed by atoms with Gasteiger partial charge in [0, 0.05) is 39.3 Å². The van der Waals surface area contributed by atoms with Crippen molar-refractivity contribution in [3.05, 3.63) is 82.6 Å². The number of Topliss-reactive ketones (excluding diaryl/α,β-unsaturated/α-hetero) is 2. The van der Waals surface area contributed by atoms with Crippen molar-refractivity contribution in [1.82, 2.24) is 18.3 Å². The number of nitrogens with zero attached hydrogens (tertiary/aromatic N) is 4. The average Bonchev–Trinajstić information content (AvgIpc) is 3.00. The number of carbonyl (C=O) groups excluding carboxylic acids is 2. The molecular formula is C21H17N5O6. The first-order chi connectivity index (χ1) is 15.1. The van der Waals surface area contributed by atoms with Crippen LogP contribution in [0, 0.1) is 0 Å². The van der Waals surface area contributed by atoms with Crippen molar-refractivity contribution in [3.8, 4) is 11.3 Å². The monoisotopic (exact) mass is 435 g/mol. The van der Waals surface area contributed by atoms with Crippen LogP contribution in [-0.4, -0.2) is 29.8 Å². The summed E-state index contributed by atoms with van der Waals surface area (Å²) >= 11 is 0. The van der Waals surface area contributed by atoms with Crippen molar-refractivity contribution in [2.24, 2.45) is 28.2 Å². The molecule has 32 heavy (non-hydrogen) atoms. The van der Waals surface area contributed by atoms with Crippen LogP contribution in [-0.2, 0) is 33.7 Å². The van der Waals surface area contributed by atoms with Gasteiger partial charge in [0.25, 0.3) is 11.1 Å². The van der Waals surface area contributed by atoms with Gasteiger partial charge in [-0.25, -0.2) is 9.59 Å². The van der Waals surface area contributed by atoms with Gasteiger partial charge in [-0.2, -0.15) is 0 Å². The number of anilines is 1. The Bertz CT molecular complexity index is 1630. The SMILES string of the molecule is Cn1c2c(c(=O)n(C)c1=O)-c1c(c(=O)n(C)c(=O)n1C)C1(N2)C(=O)c2ccccc2C1=O. The van der Waals surface area contributed by atoms with Crippen LogP contribution in [0.3, 0.4) is 0 Å². The average molecular weight is 435 g/mol. The summed E-state index contributed by atoms with van der Waals surface area (Å²) in [6, 6.07) is 6.11. The van der Waals surface area contributed by atoms with Crippen LogP contribution in [0.5, 0.6) is 0 Å². The Hall–Kier alpha value is -4.28. The lowest BCUT2D eigenvalue weighted by molar-refractivity contribution is 0.0815. The summed E-state index contributed by atoms with van der Waals surface area (Å²) in [4.78, 5) is 79.2. The fourth-order valence-corrected chi connectivity index (χ4v) is 4.65. The number of rotatable bonds is 0. The minimum atomic E-state index is -2.22. The lowest BCUT2D eigenvalue weighted by atomic mass is 9.80. The molecule has 162 valence electrons. The van der Waals surface area contributed by atoms with E-state index in [-0.39, 0.29) is 33.8 Å². The highest BCUT2D eigenvalue weighted by molar-refractivity contribution is 6.35. The zero-order chi connectivity index (χ0) is 23.3. The van der Waals surface area contributed by atoms with Gasteiger partial charge in [0.1, 0.15) is 11.4 Å². The second kappa shape index (κ2) is 5.90. The Kier molecular flexibility index (Phi) is 3.63. The topological polar surface area (TPSA) is 134 Å². The largest absolute Gasteiger partial charge is 0.348 e. The van der Waals surface area contributed by atoms with E-state index in [1.807, 2.05) is 0 Å². The zero-order valence-electron chi connectivity index (χ0n) is 17.5. The standard InChI is InChI=1S/C21H17N5O6/c1-23-13-11-16(24(2)20(32)25(3)17(11)29)22-21(12(13)18(30)26(4)19(23)31)14(27)9-7-5-6-8-10(9)15(21)28/h5-8,22H,1-4H3. The normalized spacial score (nSPS) is 15.4. The Balaban J connectivity index is 2.07. The predicted molar refractivity (Wildman–Crippen MR) is 113 cm³/mol. The fraction of sp³-hybridized carbons (Fsp3) is 0.238. The van der Waals surface area contributed by atoms with Crippen LogP contribution >= 0.6 is 0 Å². The van der Waals surface area contributed by atoms with Gasteiger partial charge in [-0.15, -0.1) is 0 Å². The van der Waals surface area contributed by atoms with Gasteiger partial charge in [-0.05, 0) is 0 Å². The van der Waals surface area contributed by atoms with Gasteiger partial charge in [-0.3, -0.25) is 37.4 Å². The first kappa shape index (κ1) is 19.7. The molecule has 0 radical (unpaired) electrons. The molecule has 2 aliphatic rings. The van der Waals surface area contributed by atoms with Crippen LogP contribution in [0.15, 0.2) is 43.4 Å². The Labute approximate surface area is 178 Å². The Morgan fingerprint density at radius 2 is 1.19 bits per heavy atom. The lowest BCUT2D eigenvalue weighted by Gasteiger charge is -2.36. The molecule has 0 saturated carbocycles. The molecule has 0 amide bonds. The van der Waals surface area contributed by atoms with Crippen molar-refractivity contribution < 1.29 is 9.59 Å². The quantitative estimate of drug-likeness (QED) is 0.441. The highest BCUT2D eigenvalue weighted by Gasteiger charge is 2.60. The molecule has 0 unspecified atom stereocenters. The molecule has 5 rings (SSSR count). The Morgan fingerprint density at radius 1 is 0.688 bits per heavy atom. The molecule has 0 atom stereocenters. The van der Waals surface area contributed by atoms with E-state index in [1.54, 1.807) is 12.1 Å². The summed E-state index contributed by atoms with van der Waals surface area (Å²) in [6.45, 7) is 0. The highest BCUT2D eigenvalue weighted by atomic mass is 16.2. The third-order valence-corrected chi connectivity index (χ3v) is 6.34. The third kappa shape index (κ3) is 1.95. The van der Waals surface area contributed by atoms with E-state index in [2.05, 4.69) is 5.32 Å². The molecule has 1 N–H and O–H groups in total. The Morgan fingerprint density at radius 3 is 1.75 bits per heavy atom. The van der Waals surface area contributed by atoms with E-state index in [9.17, 15) is 28.8 Å². The molecule has 3 aromatic rings.